The highest BCUT2D eigenvalue weighted by Gasteiger charge is 2.23. The first-order valence-corrected chi connectivity index (χ1v) is 4.81. The van der Waals surface area contributed by atoms with Crippen molar-refractivity contribution in [3.63, 3.8) is 0 Å². The number of rotatable bonds is 0. The van der Waals surface area contributed by atoms with Gasteiger partial charge >= 0.3 is 0 Å². The molecule has 0 aromatic carbocycles. The Morgan fingerprint density at radius 1 is 1.33 bits per heavy atom. The Morgan fingerprint density at radius 3 is 2.44 bits per heavy atom. The Labute approximate surface area is 70.7 Å². The molecule has 3 atom stereocenters. The molecule has 2 heteroatoms. The normalized spacial score (nSPS) is 45.0. The van der Waals surface area contributed by atoms with E-state index in [1.165, 1.54) is 13.1 Å². The summed E-state index contributed by atoms with van der Waals surface area (Å²) in [5.74, 6) is 1.76. The van der Waals surface area contributed by atoms with Gasteiger partial charge in [0.05, 0.1) is 0 Å². The second-order valence-corrected chi connectivity index (χ2v) is 4.61. The summed E-state index contributed by atoms with van der Waals surface area (Å²) in [7, 11) is 0. The van der Waals surface area contributed by atoms with E-state index < -0.39 is 0 Å². The fourth-order valence-corrected chi connectivity index (χ4v) is 2.20. The highest BCUT2D eigenvalue weighted by molar-refractivity contribution is 14.1. The van der Waals surface area contributed by atoms with Gasteiger partial charge in [0.25, 0.3) is 0 Å². The van der Waals surface area contributed by atoms with Crippen LogP contribution in [0.4, 0.5) is 0 Å². The van der Waals surface area contributed by atoms with Crippen LogP contribution in [0.5, 0.6) is 0 Å². The monoisotopic (exact) mass is 239 g/mol. The summed E-state index contributed by atoms with van der Waals surface area (Å²) >= 11 is 2.54. The second kappa shape index (κ2) is 3.19. The SMILES string of the molecule is C[C@H]1[C@H](I)CNC[C@@H]1C. The van der Waals surface area contributed by atoms with Gasteiger partial charge in [-0.15, -0.1) is 0 Å². The molecule has 1 rings (SSSR count). The molecule has 0 unspecified atom stereocenters. The molecule has 9 heavy (non-hydrogen) atoms. The first-order valence-electron chi connectivity index (χ1n) is 3.56. The van der Waals surface area contributed by atoms with Gasteiger partial charge in [-0.05, 0) is 18.4 Å². The van der Waals surface area contributed by atoms with Crippen molar-refractivity contribution in [2.45, 2.75) is 17.8 Å². The Hall–Kier alpha value is 0.690. The van der Waals surface area contributed by atoms with Crippen molar-refractivity contribution < 1.29 is 0 Å². The fraction of sp³-hybridized carbons (Fsp3) is 1.00. The van der Waals surface area contributed by atoms with Gasteiger partial charge in [0.1, 0.15) is 0 Å². The van der Waals surface area contributed by atoms with Crippen molar-refractivity contribution >= 4 is 22.6 Å². The Bertz CT molecular complexity index is 84.9. The minimum absolute atomic E-state index is 0.839. The molecule has 1 aliphatic rings. The van der Waals surface area contributed by atoms with E-state index in [0.29, 0.717) is 0 Å². The number of piperidine rings is 1. The maximum Gasteiger partial charge on any atom is 0.0263 e. The Morgan fingerprint density at radius 2 is 2.00 bits per heavy atom. The lowest BCUT2D eigenvalue weighted by Gasteiger charge is -2.31. The van der Waals surface area contributed by atoms with Gasteiger partial charge < -0.3 is 5.32 Å². The van der Waals surface area contributed by atoms with Gasteiger partial charge in [0.15, 0.2) is 0 Å². The third-order valence-corrected chi connectivity index (χ3v) is 3.85. The van der Waals surface area contributed by atoms with Crippen molar-refractivity contribution in [3.05, 3.63) is 0 Å². The van der Waals surface area contributed by atoms with Crippen LogP contribution in [0.1, 0.15) is 13.8 Å². The molecule has 1 fully saturated rings. The van der Waals surface area contributed by atoms with Crippen LogP contribution in [0.25, 0.3) is 0 Å². The standard InChI is InChI=1S/C7H14IN/c1-5-3-9-4-7(8)6(5)2/h5-7,9H,3-4H2,1-2H3/t5-,6+,7+/m0/s1. The van der Waals surface area contributed by atoms with Crippen molar-refractivity contribution in [3.8, 4) is 0 Å². The smallest absolute Gasteiger partial charge is 0.0263 e. The first-order chi connectivity index (χ1) is 4.22. The van der Waals surface area contributed by atoms with Crippen LogP contribution in [0.15, 0.2) is 0 Å². The zero-order chi connectivity index (χ0) is 6.85. The summed E-state index contributed by atoms with van der Waals surface area (Å²) in [6, 6.07) is 0. The average molecular weight is 239 g/mol. The summed E-state index contributed by atoms with van der Waals surface area (Å²) < 4.78 is 0.839. The van der Waals surface area contributed by atoms with Crippen LogP contribution in [0.3, 0.4) is 0 Å². The van der Waals surface area contributed by atoms with Gasteiger partial charge in [-0.1, -0.05) is 36.4 Å². The third-order valence-electron chi connectivity index (χ3n) is 2.27. The van der Waals surface area contributed by atoms with E-state index in [1.807, 2.05) is 0 Å². The number of hydrogen-bond donors (Lipinski definition) is 1. The number of alkyl halides is 1. The van der Waals surface area contributed by atoms with Gasteiger partial charge in [0, 0.05) is 10.5 Å². The summed E-state index contributed by atoms with van der Waals surface area (Å²) in [5, 5.41) is 3.41. The van der Waals surface area contributed by atoms with Crippen LogP contribution in [0.2, 0.25) is 0 Å². The van der Waals surface area contributed by atoms with Crippen LogP contribution >= 0.6 is 22.6 Å². The molecule has 0 saturated carbocycles. The van der Waals surface area contributed by atoms with Gasteiger partial charge in [-0.3, -0.25) is 0 Å². The van der Waals surface area contributed by atoms with E-state index >= 15 is 0 Å². The molecule has 0 amide bonds. The Kier molecular flexibility index (Phi) is 2.76. The fourth-order valence-electron chi connectivity index (χ4n) is 1.18. The van der Waals surface area contributed by atoms with Crippen LogP contribution in [-0.2, 0) is 0 Å². The van der Waals surface area contributed by atoms with Crippen LogP contribution < -0.4 is 5.32 Å². The predicted molar refractivity (Wildman–Crippen MR) is 49.0 cm³/mol. The molecular weight excluding hydrogens is 225 g/mol. The molecule has 0 spiro atoms. The first kappa shape index (κ1) is 7.79. The molecule has 1 saturated heterocycles. The second-order valence-electron chi connectivity index (χ2n) is 3.01. The Balaban J connectivity index is 2.41. The lowest BCUT2D eigenvalue weighted by atomic mass is 9.90. The van der Waals surface area contributed by atoms with E-state index in [2.05, 4.69) is 41.8 Å². The molecule has 0 bridgehead atoms. The summed E-state index contributed by atoms with van der Waals surface area (Å²) in [4.78, 5) is 0. The lowest BCUT2D eigenvalue weighted by Crippen LogP contribution is -2.41. The van der Waals surface area contributed by atoms with Crippen molar-refractivity contribution in [1.29, 1.82) is 0 Å². The minimum Gasteiger partial charge on any atom is -0.315 e. The van der Waals surface area contributed by atoms with Gasteiger partial charge in [0.2, 0.25) is 0 Å². The number of nitrogens with one attached hydrogen (secondary N) is 1. The molecule has 0 aliphatic carbocycles. The van der Waals surface area contributed by atoms with Crippen molar-refractivity contribution in [2.24, 2.45) is 11.8 Å². The van der Waals surface area contributed by atoms with Crippen molar-refractivity contribution in [1.82, 2.24) is 5.32 Å². The van der Waals surface area contributed by atoms with Crippen molar-refractivity contribution in [2.75, 3.05) is 13.1 Å². The molecule has 0 aromatic rings. The zero-order valence-corrected chi connectivity index (χ0v) is 8.18. The summed E-state index contributed by atoms with van der Waals surface area (Å²) in [5.41, 5.74) is 0. The summed E-state index contributed by atoms with van der Waals surface area (Å²) in [6.07, 6.45) is 0. The zero-order valence-electron chi connectivity index (χ0n) is 6.02. The topological polar surface area (TPSA) is 12.0 Å². The molecule has 54 valence electrons. The number of hydrogen-bond acceptors (Lipinski definition) is 1. The number of halogens is 1. The lowest BCUT2D eigenvalue weighted by molar-refractivity contribution is 0.313. The van der Waals surface area contributed by atoms with E-state index in [0.717, 1.165) is 15.8 Å². The highest BCUT2D eigenvalue weighted by Crippen LogP contribution is 2.23. The van der Waals surface area contributed by atoms with Gasteiger partial charge in [-0.25, -0.2) is 0 Å². The molecule has 0 aromatic heterocycles. The highest BCUT2D eigenvalue weighted by atomic mass is 127. The van der Waals surface area contributed by atoms with Crippen LogP contribution in [0, 0.1) is 11.8 Å². The quantitative estimate of drug-likeness (QED) is 0.500. The molecule has 1 heterocycles. The molecule has 0 radical (unpaired) electrons. The van der Waals surface area contributed by atoms with E-state index in [4.69, 9.17) is 0 Å². The maximum atomic E-state index is 3.41. The average Bonchev–Trinajstić information content (AvgIpc) is 1.83. The minimum atomic E-state index is 0.839. The largest absolute Gasteiger partial charge is 0.315 e. The van der Waals surface area contributed by atoms with Gasteiger partial charge in [-0.2, -0.15) is 0 Å². The molecule has 1 N–H and O–H groups in total. The summed E-state index contributed by atoms with van der Waals surface area (Å²) in [6.45, 7) is 7.08. The van der Waals surface area contributed by atoms with E-state index in [-0.39, 0.29) is 0 Å². The predicted octanol–water partition coefficient (Wildman–Crippen LogP) is 1.67. The van der Waals surface area contributed by atoms with E-state index in [1.54, 1.807) is 0 Å². The third kappa shape index (κ3) is 1.80. The van der Waals surface area contributed by atoms with E-state index in [9.17, 15) is 0 Å². The molecule has 1 nitrogen and oxygen atoms in total. The van der Waals surface area contributed by atoms with Crippen LogP contribution in [-0.4, -0.2) is 17.0 Å². The maximum absolute atomic E-state index is 3.41. The molecule has 1 aliphatic heterocycles. The molecular formula is C7H14IN.